The van der Waals surface area contributed by atoms with E-state index in [1.165, 1.54) is 5.56 Å². The lowest BCUT2D eigenvalue weighted by Crippen LogP contribution is -2.13. The molecule has 0 unspecified atom stereocenters. The third-order valence-corrected chi connectivity index (χ3v) is 5.30. The van der Waals surface area contributed by atoms with Gasteiger partial charge in [0.1, 0.15) is 24.8 Å². The van der Waals surface area contributed by atoms with Gasteiger partial charge < -0.3 is 18.8 Å². The summed E-state index contributed by atoms with van der Waals surface area (Å²) >= 11 is 0. The monoisotopic (exact) mass is 428 g/mol. The number of benzene rings is 3. The van der Waals surface area contributed by atoms with Gasteiger partial charge in [-0.2, -0.15) is 0 Å². The van der Waals surface area contributed by atoms with Crippen molar-refractivity contribution >= 4 is 11.0 Å². The van der Waals surface area contributed by atoms with Gasteiger partial charge in [0.05, 0.1) is 24.7 Å². The largest absolute Gasteiger partial charge is 0.493 e. The average molecular weight is 429 g/mol. The van der Waals surface area contributed by atoms with E-state index in [0.717, 1.165) is 34.6 Å². The highest BCUT2D eigenvalue weighted by molar-refractivity contribution is 5.75. The van der Waals surface area contributed by atoms with Gasteiger partial charge in [0.15, 0.2) is 11.5 Å². The SMILES string of the molecule is C=CCc1ccc(OCc2nc3ccccc3n2CCOc2ccc(C)cc2)c(OC)c1. The molecule has 0 aliphatic rings. The smallest absolute Gasteiger partial charge is 0.161 e. The molecule has 5 nitrogen and oxygen atoms in total. The zero-order chi connectivity index (χ0) is 22.3. The third-order valence-electron chi connectivity index (χ3n) is 5.30. The van der Waals surface area contributed by atoms with Crippen LogP contribution in [0, 0.1) is 6.92 Å². The van der Waals surface area contributed by atoms with E-state index in [0.29, 0.717) is 31.3 Å². The van der Waals surface area contributed by atoms with Crippen molar-refractivity contribution in [1.29, 1.82) is 0 Å². The number of methoxy groups -OCH3 is 1. The molecule has 164 valence electrons. The summed E-state index contributed by atoms with van der Waals surface area (Å²) in [5, 5.41) is 0. The summed E-state index contributed by atoms with van der Waals surface area (Å²) in [6.07, 6.45) is 2.66. The van der Waals surface area contributed by atoms with Crippen molar-refractivity contribution in [3.05, 3.63) is 96.3 Å². The van der Waals surface area contributed by atoms with Crippen LogP contribution in [0.25, 0.3) is 11.0 Å². The van der Waals surface area contributed by atoms with Crippen LogP contribution in [-0.4, -0.2) is 23.3 Å². The maximum atomic E-state index is 6.12. The number of rotatable bonds is 10. The molecule has 0 bridgehead atoms. The zero-order valence-corrected chi connectivity index (χ0v) is 18.6. The quantitative estimate of drug-likeness (QED) is 0.302. The molecule has 0 radical (unpaired) electrons. The van der Waals surface area contributed by atoms with Crippen LogP contribution in [0.3, 0.4) is 0 Å². The summed E-state index contributed by atoms with van der Waals surface area (Å²) in [5.74, 6) is 3.10. The molecule has 0 saturated heterocycles. The van der Waals surface area contributed by atoms with Crippen LogP contribution in [0.15, 0.2) is 79.4 Å². The van der Waals surface area contributed by atoms with Crippen molar-refractivity contribution in [3.63, 3.8) is 0 Å². The van der Waals surface area contributed by atoms with E-state index >= 15 is 0 Å². The molecule has 0 aliphatic heterocycles. The first-order chi connectivity index (χ1) is 15.7. The minimum atomic E-state index is 0.330. The lowest BCUT2D eigenvalue weighted by atomic mass is 10.1. The predicted molar refractivity (Wildman–Crippen MR) is 128 cm³/mol. The molecule has 3 aromatic carbocycles. The van der Waals surface area contributed by atoms with E-state index in [4.69, 9.17) is 19.2 Å². The highest BCUT2D eigenvalue weighted by atomic mass is 16.5. The lowest BCUT2D eigenvalue weighted by Gasteiger charge is -2.14. The van der Waals surface area contributed by atoms with E-state index in [9.17, 15) is 0 Å². The minimum Gasteiger partial charge on any atom is -0.493 e. The van der Waals surface area contributed by atoms with E-state index in [2.05, 4.69) is 36.3 Å². The number of allylic oxidation sites excluding steroid dienone is 1. The van der Waals surface area contributed by atoms with Gasteiger partial charge >= 0.3 is 0 Å². The van der Waals surface area contributed by atoms with E-state index in [-0.39, 0.29) is 0 Å². The molecule has 32 heavy (non-hydrogen) atoms. The molecule has 1 aromatic heterocycles. The van der Waals surface area contributed by atoms with Gasteiger partial charge in [-0.25, -0.2) is 4.98 Å². The predicted octanol–water partition coefficient (Wildman–Crippen LogP) is 5.74. The van der Waals surface area contributed by atoms with E-state index in [1.807, 2.05) is 54.6 Å². The van der Waals surface area contributed by atoms with E-state index < -0.39 is 0 Å². The molecule has 1 heterocycles. The fraction of sp³-hybridized carbons (Fsp3) is 0.222. The van der Waals surface area contributed by atoms with Crippen molar-refractivity contribution < 1.29 is 14.2 Å². The van der Waals surface area contributed by atoms with Crippen LogP contribution < -0.4 is 14.2 Å². The summed E-state index contributed by atoms with van der Waals surface area (Å²) in [5.41, 5.74) is 4.34. The van der Waals surface area contributed by atoms with E-state index in [1.54, 1.807) is 7.11 Å². The molecule has 0 aliphatic carbocycles. The molecule has 0 saturated carbocycles. The minimum absolute atomic E-state index is 0.330. The van der Waals surface area contributed by atoms with Crippen LogP contribution in [0.1, 0.15) is 17.0 Å². The van der Waals surface area contributed by atoms with Crippen molar-refractivity contribution in [1.82, 2.24) is 9.55 Å². The second-order valence-corrected chi connectivity index (χ2v) is 7.60. The highest BCUT2D eigenvalue weighted by Crippen LogP contribution is 2.29. The highest BCUT2D eigenvalue weighted by Gasteiger charge is 2.13. The number of aromatic nitrogens is 2. The molecule has 0 spiro atoms. The first-order valence-corrected chi connectivity index (χ1v) is 10.7. The van der Waals surface area contributed by atoms with Crippen LogP contribution in [0.5, 0.6) is 17.2 Å². The Morgan fingerprint density at radius 3 is 2.56 bits per heavy atom. The first kappa shape index (κ1) is 21.5. The molecule has 0 atom stereocenters. The molecule has 4 aromatic rings. The number of hydrogen-bond acceptors (Lipinski definition) is 4. The number of imidazole rings is 1. The second-order valence-electron chi connectivity index (χ2n) is 7.60. The first-order valence-electron chi connectivity index (χ1n) is 10.7. The van der Waals surface area contributed by atoms with Crippen molar-refractivity contribution in [3.8, 4) is 17.2 Å². The normalized spacial score (nSPS) is 10.8. The van der Waals surface area contributed by atoms with Crippen LogP contribution in [-0.2, 0) is 19.6 Å². The maximum Gasteiger partial charge on any atom is 0.161 e. The molecule has 0 fully saturated rings. The molecular formula is C27H28N2O3. The Hall–Kier alpha value is -3.73. The summed E-state index contributed by atoms with van der Waals surface area (Å²) in [6, 6.07) is 22.1. The molecular weight excluding hydrogens is 400 g/mol. The Morgan fingerprint density at radius 1 is 0.969 bits per heavy atom. The number of ether oxygens (including phenoxy) is 3. The summed E-state index contributed by atoms with van der Waals surface area (Å²) in [7, 11) is 1.65. The summed E-state index contributed by atoms with van der Waals surface area (Å²) in [6.45, 7) is 7.40. The Labute approximate surface area is 188 Å². The number of fused-ring (bicyclic) bond motifs is 1. The topological polar surface area (TPSA) is 45.5 Å². The second kappa shape index (κ2) is 10.1. The maximum absolute atomic E-state index is 6.12. The van der Waals surface area contributed by atoms with Gasteiger partial charge in [-0.1, -0.05) is 42.0 Å². The Bertz CT molecular complexity index is 1200. The molecule has 0 N–H and O–H groups in total. The number of nitrogens with zero attached hydrogens (tertiary/aromatic N) is 2. The fourth-order valence-corrected chi connectivity index (χ4v) is 3.64. The van der Waals surface area contributed by atoms with Crippen molar-refractivity contribution in [2.75, 3.05) is 13.7 Å². The summed E-state index contributed by atoms with van der Waals surface area (Å²) < 4.78 is 19.8. The third kappa shape index (κ3) is 4.94. The average Bonchev–Trinajstić information content (AvgIpc) is 3.17. The van der Waals surface area contributed by atoms with Gasteiger partial charge in [-0.15, -0.1) is 6.58 Å². The fourth-order valence-electron chi connectivity index (χ4n) is 3.64. The molecule has 5 heteroatoms. The van der Waals surface area contributed by atoms with Crippen LogP contribution in [0.2, 0.25) is 0 Å². The van der Waals surface area contributed by atoms with Gasteiger partial charge in [0.25, 0.3) is 0 Å². The number of aryl methyl sites for hydroxylation is 1. The standard InChI is InChI=1S/C27H28N2O3/c1-4-7-21-12-15-25(26(18-21)30-3)32-19-27-28-23-8-5-6-9-24(23)29(27)16-17-31-22-13-10-20(2)11-14-22/h4-6,8-15,18H,1,7,16-17,19H2,2-3H3. The zero-order valence-electron chi connectivity index (χ0n) is 18.6. The Morgan fingerprint density at radius 2 is 1.78 bits per heavy atom. The van der Waals surface area contributed by atoms with Crippen molar-refractivity contribution in [2.45, 2.75) is 26.5 Å². The summed E-state index contributed by atoms with van der Waals surface area (Å²) in [4.78, 5) is 4.80. The van der Waals surface area contributed by atoms with Crippen LogP contribution >= 0.6 is 0 Å². The van der Waals surface area contributed by atoms with Gasteiger partial charge in [0.2, 0.25) is 0 Å². The van der Waals surface area contributed by atoms with Gasteiger partial charge in [-0.05, 0) is 55.3 Å². The number of para-hydroxylation sites is 2. The van der Waals surface area contributed by atoms with Crippen LogP contribution in [0.4, 0.5) is 0 Å². The Balaban J connectivity index is 1.51. The van der Waals surface area contributed by atoms with Gasteiger partial charge in [-0.3, -0.25) is 0 Å². The van der Waals surface area contributed by atoms with Gasteiger partial charge in [0, 0.05) is 0 Å². The molecule has 0 amide bonds. The molecule has 4 rings (SSSR count). The Kier molecular flexibility index (Phi) is 6.75. The number of hydrogen-bond donors (Lipinski definition) is 0. The van der Waals surface area contributed by atoms with Crippen molar-refractivity contribution in [2.24, 2.45) is 0 Å². The lowest BCUT2D eigenvalue weighted by molar-refractivity contribution is 0.261.